The molecule has 6 heteroatoms. The Morgan fingerprint density at radius 2 is 1.93 bits per heavy atom. The van der Waals surface area contributed by atoms with Crippen molar-refractivity contribution in [1.82, 2.24) is 10.2 Å². The average molecular weight is 441 g/mol. The van der Waals surface area contributed by atoms with Gasteiger partial charge in [-0.05, 0) is 48.2 Å². The second-order valence-electron chi connectivity index (χ2n) is 6.99. The monoisotopic (exact) mass is 440 g/mol. The number of carbonyl (C=O) groups is 2. The minimum absolute atomic E-state index is 0.136. The molecule has 0 atom stereocenters. The molecule has 1 aromatic heterocycles. The zero-order chi connectivity index (χ0) is 19.5. The topological polar surface area (TPSA) is 62.6 Å². The molecule has 0 spiro atoms. The highest BCUT2D eigenvalue weighted by atomic mass is 79.9. The lowest BCUT2D eigenvalue weighted by Crippen LogP contribution is -2.36. The van der Waals surface area contributed by atoms with Gasteiger partial charge in [0.2, 0.25) is 5.91 Å². The quantitative estimate of drug-likeness (QED) is 0.601. The van der Waals surface area contributed by atoms with Crippen LogP contribution in [0.1, 0.15) is 34.5 Å². The van der Waals surface area contributed by atoms with Gasteiger partial charge in [-0.1, -0.05) is 40.2 Å². The van der Waals surface area contributed by atoms with Gasteiger partial charge in [0.05, 0.1) is 0 Å². The first-order valence-electron chi connectivity index (χ1n) is 9.42. The molecule has 0 saturated carbocycles. The van der Waals surface area contributed by atoms with E-state index in [-0.39, 0.29) is 17.6 Å². The molecule has 4 rings (SSSR count). The number of furan rings is 1. The van der Waals surface area contributed by atoms with Crippen LogP contribution in [0.3, 0.4) is 0 Å². The molecule has 0 radical (unpaired) electrons. The number of hydrogen-bond donors (Lipinski definition) is 1. The van der Waals surface area contributed by atoms with Crippen LogP contribution in [-0.4, -0.2) is 29.8 Å². The van der Waals surface area contributed by atoms with Gasteiger partial charge in [0.1, 0.15) is 5.58 Å². The van der Waals surface area contributed by atoms with Crippen molar-refractivity contribution in [3.8, 4) is 0 Å². The van der Waals surface area contributed by atoms with E-state index in [1.807, 2.05) is 35.2 Å². The molecule has 1 N–H and O–H groups in total. The highest BCUT2D eigenvalue weighted by molar-refractivity contribution is 9.10. The van der Waals surface area contributed by atoms with E-state index in [1.54, 1.807) is 6.07 Å². The molecule has 0 unspecified atom stereocenters. The van der Waals surface area contributed by atoms with Gasteiger partial charge in [-0.2, -0.15) is 0 Å². The maximum absolute atomic E-state index is 12.5. The van der Waals surface area contributed by atoms with E-state index in [0.717, 1.165) is 22.8 Å². The maximum Gasteiger partial charge on any atom is 0.287 e. The first-order valence-corrected chi connectivity index (χ1v) is 10.2. The Labute approximate surface area is 171 Å². The number of nitrogens with zero attached hydrogens (tertiary/aromatic N) is 1. The van der Waals surface area contributed by atoms with Gasteiger partial charge < -0.3 is 14.6 Å². The number of benzene rings is 2. The minimum atomic E-state index is -0.258. The Morgan fingerprint density at radius 3 is 2.79 bits per heavy atom. The number of amides is 2. The van der Waals surface area contributed by atoms with Crippen molar-refractivity contribution in [2.75, 3.05) is 13.1 Å². The molecule has 2 heterocycles. The first-order chi connectivity index (χ1) is 13.6. The van der Waals surface area contributed by atoms with Gasteiger partial charge in [-0.15, -0.1) is 0 Å². The van der Waals surface area contributed by atoms with Crippen LogP contribution < -0.4 is 5.32 Å². The Kier molecular flexibility index (Phi) is 5.48. The number of fused-ring (bicyclic) bond motifs is 2. The van der Waals surface area contributed by atoms with Crippen molar-refractivity contribution in [2.24, 2.45) is 0 Å². The highest BCUT2D eigenvalue weighted by Gasteiger charge is 2.20. The van der Waals surface area contributed by atoms with E-state index in [9.17, 15) is 9.59 Å². The summed E-state index contributed by atoms with van der Waals surface area (Å²) in [7, 11) is 0. The molecular weight excluding hydrogens is 420 g/mol. The molecular formula is C22H21BrN2O3. The standard InChI is InChI=1S/C22H21BrN2O3/c23-18-7-8-19-17(12-18)13-20(28-19)22(27)24-10-3-6-21(26)25-11-9-15-4-1-2-5-16(15)14-25/h1-2,4-5,7-8,12-13H,3,6,9-11,14H2,(H,24,27). The molecule has 1 aliphatic rings. The maximum atomic E-state index is 12.5. The molecule has 0 bridgehead atoms. The van der Waals surface area contributed by atoms with E-state index in [4.69, 9.17) is 4.42 Å². The number of nitrogens with one attached hydrogen (secondary N) is 1. The SMILES string of the molecule is O=C(NCCCC(=O)N1CCc2ccccc2C1)c1cc2cc(Br)ccc2o1. The van der Waals surface area contributed by atoms with Gasteiger partial charge in [0.25, 0.3) is 5.91 Å². The summed E-state index contributed by atoms with van der Waals surface area (Å²) in [6.07, 6.45) is 1.94. The van der Waals surface area contributed by atoms with Crippen molar-refractivity contribution >= 4 is 38.7 Å². The normalized spacial score (nSPS) is 13.4. The molecule has 2 amide bonds. The van der Waals surface area contributed by atoms with Gasteiger partial charge in [-0.25, -0.2) is 0 Å². The van der Waals surface area contributed by atoms with Gasteiger partial charge in [0, 0.05) is 35.9 Å². The summed E-state index contributed by atoms with van der Waals surface area (Å²) in [6, 6.07) is 15.6. The average Bonchev–Trinajstić information content (AvgIpc) is 3.13. The van der Waals surface area contributed by atoms with Crippen LogP contribution >= 0.6 is 15.9 Å². The summed E-state index contributed by atoms with van der Waals surface area (Å²) in [4.78, 5) is 26.6. The molecule has 0 fully saturated rings. The Balaban J connectivity index is 1.25. The molecule has 28 heavy (non-hydrogen) atoms. The Morgan fingerprint density at radius 1 is 1.11 bits per heavy atom. The van der Waals surface area contributed by atoms with Crippen LogP contribution in [0.15, 0.2) is 57.4 Å². The van der Waals surface area contributed by atoms with E-state index in [2.05, 4.69) is 33.4 Å². The summed E-state index contributed by atoms with van der Waals surface area (Å²) in [5.74, 6) is 0.163. The van der Waals surface area contributed by atoms with Crippen molar-refractivity contribution in [3.63, 3.8) is 0 Å². The summed E-state index contributed by atoms with van der Waals surface area (Å²) in [6.45, 7) is 1.88. The molecule has 3 aromatic rings. The van der Waals surface area contributed by atoms with Crippen LogP contribution in [0.25, 0.3) is 11.0 Å². The lowest BCUT2D eigenvalue weighted by atomic mass is 9.99. The van der Waals surface area contributed by atoms with Crippen LogP contribution in [0.2, 0.25) is 0 Å². The zero-order valence-electron chi connectivity index (χ0n) is 15.4. The third-order valence-electron chi connectivity index (χ3n) is 5.04. The van der Waals surface area contributed by atoms with Crippen LogP contribution in [0, 0.1) is 0 Å². The van der Waals surface area contributed by atoms with Gasteiger partial charge >= 0.3 is 0 Å². The van der Waals surface area contributed by atoms with Crippen LogP contribution in [0.5, 0.6) is 0 Å². The summed E-state index contributed by atoms with van der Waals surface area (Å²) in [5, 5.41) is 3.71. The van der Waals surface area contributed by atoms with Crippen molar-refractivity contribution in [3.05, 3.63) is 69.9 Å². The summed E-state index contributed by atoms with van der Waals surface area (Å²) < 4.78 is 6.52. The van der Waals surface area contributed by atoms with Crippen molar-refractivity contribution in [1.29, 1.82) is 0 Å². The van der Waals surface area contributed by atoms with Crippen LogP contribution in [-0.2, 0) is 17.8 Å². The Hall–Kier alpha value is -2.60. The number of rotatable bonds is 5. The van der Waals surface area contributed by atoms with E-state index in [1.165, 1.54) is 11.1 Å². The molecule has 1 aliphatic heterocycles. The fraction of sp³-hybridized carbons (Fsp3) is 0.273. The predicted octanol–water partition coefficient (Wildman–Crippen LogP) is 4.29. The number of hydrogen-bond acceptors (Lipinski definition) is 3. The molecule has 0 saturated heterocycles. The lowest BCUT2D eigenvalue weighted by Gasteiger charge is -2.29. The second-order valence-corrected chi connectivity index (χ2v) is 7.90. The summed E-state index contributed by atoms with van der Waals surface area (Å²) in [5.41, 5.74) is 3.23. The Bertz CT molecular complexity index is 1030. The smallest absolute Gasteiger partial charge is 0.287 e. The fourth-order valence-corrected chi connectivity index (χ4v) is 3.90. The summed E-state index contributed by atoms with van der Waals surface area (Å²) >= 11 is 3.41. The zero-order valence-corrected chi connectivity index (χ0v) is 17.0. The van der Waals surface area contributed by atoms with E-state index >= 15 is 0 Å². The minimum Gasteiger partial charge on any atom is -0.451 e. The number of halogens is 1. The van der Waals surface area contributed by atoms with Crippen molar-refractivity contribution in [2.45, 2.75) is 25.8 Å². The first kappa shape index (κ1) is 18.7. The van der Waals surface area contributed by atoms with E-state index in [0.29, 0.717) is 31.5 Å². The third kappa shape index (κ3) is 4.12. The van der Waals surface area contributed by atoms with Gasteiger partial charge in [0.15, 0.2) is 5.76 Å². The van der Waals surface area contributed by atoms with Crippen molar-refractivity contribution < 1.29 is 14.0 Å². The fourth-order valence-electron chi connectivity index (χ4n) is 3.52. The van der Waals surface area contributed by atoms with E-state index < -0.39 is 0 Å². The molecule has 144 valence electrons. The second kappa shape index (κ2) is 8.19. The lowest BCUT2D eigenvalue weighted by molar-refractivity contribution is -0.132. The molecule has 2 aromatic carbocycles. The largest absolute Gasteiger partial charge is 0.451 e. The number of carbonyl (C=O) groups excluding carboxylic acids is 2. The van der Waals surface area contributed by atoms with Gasteiger partial charge in [-0.3, -0.25) is 9.59 Å². The predicted molar refractivity (Wildman–Crippen MR) is 111 cm³/mol. The molecule has 5 nitrogen and oxygen atoms in total. The highest BCUT2D eigenvalue weighted by Crippen LogP contribution is 2.23. The molecule has 0 aliphatic carbocycles. The van der Waals surface area contributed by atoms with Crippen LogP contribution in [0.4, 0.5) is 0 Å². The third-order valence-corrected chi connectivity index (χ3v) is 5.53.